The SMILES string of the molecule is COC(=O)c1c(N)c(C(N)=O)nn1C. The Morgan fingerprint density at radius 2 is 2.07 bits per heavy atom. The van der Waals surface area contributed by atoms with E-state index in [1.54, 1.807) is 0 Å². The quantitative estimate of drug-likeness (QED) is 0.585. The molecular weight excluding hydrogens is 188 g/mol. The summed E-state index contributed by atoms with van der Waals surface area (Å²) in [7, 11) is 2.67. The molecule has 0 unspecified atom stereocenters. The summed E-state index contributed by atoms with van der Waals surface area (Å²) in [5, 5.41) is 3.70. The first kappa shape index (κ1) is 10.0. The molecule has 0 aromatic carbocycles. The third kappa shape index (κ3) is 1.39. The lowest BCUT2D eigenvalue weighted by atomic mass is 10.3. The van der Waals surface area contributed by atoms with E-state index >= 15 is 0 Å². The number of aromatic nitrogens is 2. The number of primary amides is 1. The molecule has 76 valence electrons. The van der Waals surface area contributed by atoms with Crippen LogP contribution in [0.3, 0.4) is 0 Å². The minimum absolute atomic E-state index is 0.0151. The molecule has 0 aliphatic carbocycles. The highest BCUT2D eigenvalue weighted by Crippen LogP contribution is 2.16. The van der Waals surface area contributed by atoms with Crippen molar-refractivity contribution >= 4 is 17.6 Å². The van der Waals surface area contributed by atoms with E-state index in [1.165, 1.54) is 14.2 Å². The van der Waals surface area contributed by atoms with Crippen molar-refractivity contribution < 1.29 is 14.3 Å². The van der Waals surface area contributed by atoms with Crippen LogP contribution in [0.2, 0.25) is 0 Å². The summed E-state index contributed by atoms with van der Waals surface area (Å²) in [6.45, 7) is 0. The predicted molar refractivity (Wildman–Crippen MR) is 47.5 cm³/mol. The Bertz CT molecular complexity index is 396. The number of anilines is 1. The Morgan fingerprint density at radius 3 is 2.43 bits per heavy atom. The second-order valence-corrected chi connectivity index (χ2v) is 2.59. The molecule has 0 radical (unpaired) electrons. The molecular formula is C7H10N4O3. The summed E-state index contributed by atoms with van der Waals surface area (Å²) in [6, 6.07) is 0. The number of esters is 1. The van der Waals surface area contributed by atoms with Crippen LogP contribution in [0.4, 0.5) is 5.69 Å². The number of nitrogen functional groups attached to an aromatic ring is 1. The Labute approximate surface area is 79.6 Å². The average Bonchev–Trinajstić information content (AvgIpc) is 2.41. The fourth-order valence-corrected chi connectivity index (χ4v) is 1.06. The summed E-state index contributed by atoms with van der Waals surface area (Å²) in [6.07, 6.45) is 0. The van der Waals surface area contributed by atoms with Crippen molar-refractivity contribution in [1.29, 1.82) is 0 Å². The van der Waals surface area contributed by atoms with E-state index in [0.717, 1.165) is 4.68 Å². The number of carbonyl (C=O) groups is 2. The van der Waals surface area contributed by atoms with Gasteiger partial charge in [0.25, 0.3) is 5.91 Å². The molecule has 7 heteroatoms. The van der Waals surface area contributed by atoms with Crippen LogP contribution in [0, 0.1) is 0 Å². The molecule has 1 aromatic rings. The van der Waals surface area contributed by atoms with Gasteiger partial charge in [0, 0.05) is 7.05 Å². The minimum atomic E-state index is -0.784. The summed E-state index contributed by atoms with van der Waals surface area (Å²) in [4.78, 5) is 22.0. The van der Waals surface area contributed by atoms with Crippen LogP contribution in [-0.4, -0.2) is 28.8 Å². The van der Waals surface area contributed by atoms with Gasteiger partial charge in [0.1, 0.15) is 0 Å². The van der Waals surface area contributed by atoms with E-state index in [-0.39, 0.29) is 17.1 Å². The van der Waals surface area contributed by atoms with Crippen LogP contribution in [-0.2, 0) is 11.8 Å². The molecule has 14 heavy (non-hydrogen) atoms. The number of aryl methyl sites for hydroxylation is 1. The van der Waals surface area contributed by atoms with Gasteiger partial charge in [-0.05, 0) is 0 Å². The summed E-state index contributed by atoms with van der Waals surface area (Å²) < 4.78 is 5.61. The molecule has 1 rings (SSSR count). The smallest absolute Gasteiger partial charge is 0.358 e. The Morgan fingerprint density at radius 1 is 1.50 bits per heavy atom. The fraction of sp³-hybridized carbons (Fsp3) is 0.286. The number of amides is 1. The fourth-order valence-electron chi connectivity index (χ4n) is 1.06. The summed E-state index contributed by atoms with van der Waals surface area (Å²) >= 11 is 0. The maximum absolute atomic E-state index is 11.2. The number of rotatable bonds is 2. The van der Waals surface area contributed by atoms with Crippen molar-refractivity contribution in [2.24, 2.45) is 12.8 Å². The van der Waals surface area contributed by atoms with Crippen LogP contribution < -0.4 is 11.5 Å². The minimum Gasteiger partial charge on any atom is -0.464 e. The lowest BCUT2D eigenvalue weighted by Crippen LogP contribution is -2.14. The Kier molecular flexibility index (Phi) is 2.41. The Balaban J connectivity index is 3.31. The van der Waals surface area contributed by atoms with Gasteiger partial charge in [0.15, 0.2) is 11.4 Å². The van der Waals surface area contributed by atoms with E-state index in [2.05, 4.69) is 9.84 Å². The molecule has 0 saturated carbocycles. The zero-order chi connectivity index (χ0) is 10.9. The van der Waals surface area contributed by atoms with Gasteiger partial charge < -0.3 is 16.2 Å². The Hall–Kier alpha value is -2.05. The standard InChI is InChI=1S/C7H10N4O3/c1-11-5(7(13)14-2)3(8)4(10-11)6(9)12/h8H2,1-2H3,(H2,9,12). The molecule has 1 aromatic heterocycles. The van der Waals surface area contributed by atoms with Crippen LogP contribution in [0.25, 0.3) is 0 Å². The van der Waals surface area contributed by atoms with Crippen LogP contribution in [0.15, 0.2) is 0 Å². The zero-order valence-electron chi connectivity index (χ0n) is 7.77. The van der Waals surface area contributed by atoms with Crippen molar-refractivity contribution in [1.82, 2.24) is 9.78 Å². The average molecular weight is 198 g/mol. The number of nitrogens with two attached hydrogens (primary N) is 2. The number of methoxy groups -OCH3 is 1. The van der Waals surface area contributed by atoms with Gasteiger partial charge in [0.05, 0.1) is 12.8 Å². The highest BCUT2D eigenvalue weighted by atomic mass is 16.5. The number of ether oxygens (including phenoxy) is 1. The number of carbonyl (C=O) groups excluding carboxylic acids is 2. The van der Waals surface area contributed by atoms with Gasteiger partial charge >= 0.3 is 5.97 Å². The number of hydrogen-bond donors (Lipinski definition) is 2. The molecule has 4 N–H and O–H groups in total. The van der Waals surface area contributed by atoms with Crippen molar-refractivity contribution in [3.8, 4) is 0 Å². The van der Waals surface area contributed by atoms with Gasteiger partial charge in [-0.3, -0.25) is 9.48 Å². The first-order valence-electron chi connectivity index (χ1n) is 3.69. The lowest BCUT2D eigenvalue weighted by molar-refractivity contribution is 0.0589. The first-order chi connectivity index (χ1) is 6.49. The molecule has 0 saturated heterocycles. The van der Waals surface area contributed by atoms with Crippen LogP contribution >= 0.6 is 0 Å². The molecule has 7 nitrogen and oxygen atoms in total. The van der Waals surface area contributed by atoms with Crippen LogP contribution in [0.5, 0.6) is 0 Å². The van der Waals surface area contributed by atoms with Gasteiger partial charge in [-0.1, -0.05) is 0 Å². The zero-order valence-corrected chi connectivity index (χ0v) is 7.77. The normalized spacial score (nSPS) is 9.86. The highest BCUT2D eigenvalue weighted by molar-refractivity contribution is 6.02. The number of hydrogen-bond acceptors (Lipinski definition) is 5. The molecule has 0 aliphatic heterocycles. The predicted octanol–water partition coefficient (Wildman–Crippen LogP) is -1.11. The van der Waals surface area contributed by atoms with E-state index < -0.39 is 11.9 Å². The van der Waals surface area contributed by atoms with Gasteiger partial charge in [-0.15, -0.1) is 0 Å². The maximum Gasteiger partial charge on any atom is 0.358 e. The topological polar surface area (TPSA) is 113 Å². The van der Waals surface area contributed by atoms with E-state index in [0.29, 0.717) is 0 Å². The molecule has 0 atom stereocenters. The molecule has 0 bridgehead atoms. The lowest BCUT2D eigenvalue weighted by Gasteiger charge is -1.99. The van der Waals surface area contributed by atoms with Crippen molar-refractivity contribution in [2.75, 3.05) is 12.8 Å². The summed E-state index contributed by atoms with van der Waals surface area (Å²) in [5.41, 5.74) is 10.3. The van der Waals surface area contributed by atoms with Crippen molar-refractivity contribution in [3.05, 3.63) is 11.4 Å². The van der Waals surface area contributed by atoms with Gasteiger partial charge in [-0.2, -0.15) is 5.10 Å². The first-order valence-corrected chi connectivity index (χ1v) is 3.69. The monoisotopic (exact) mass is 198 g/mol. The highest BCUT2D eigenvalue weighted by Gasteiger charge is 2.22. The third-order valence-electron chi connectivity index (χ3n) is 1.70. The van der Waals surface area contributed by atoms with Crippen molar-refractivity contribution in [2.45, 2.75) is 0 Å². The maximum atomic E-state index is 11.2. The molecule has 0 aliphatic rings. The van der Waals surface area contributed by atoms with E-state index in [9.17, 15) is 9.59 Å². The molecule has 1 amide bonds. The second kappa shape index (κ2) is 3.36. The van der Waals surface area contributed by atoms with E-state index in [4.69, 9.17) is 11.5 Å². The van der Waals surface area contributed by atoms with Gasteiger partial charge in [0.2, 0.25) is 0 Å². The second-order valence-electron chi connectivity index (χ2n) is 2.59. The summed E-state index contributed by atoms with van der Waals surface area (Å²) in [5.74, 6) is -1.45. The van der Waals surface area contributed by atoms with E-state index in [1.807, 2.05) is 0 Å². The molecule has 0 spiro atoms. The van der Waals surface area contributed by atoms with Crippen molar-refractivity contribution in [3.63, 3.8) is 0 Å². The third-order valence-corrected chi connectivity index (χ3v) is 1.70. The largest absolute Gasteiger partial charge is 0.464 e. The molecule has 1 heterocycles. The van der Waals surface area contributed by atoms with Crippen LogP contribution in [0.1, 0.15) is 21.0 Å². The number of nitrogens with zero attached hydrogens (tertiary/aromatic N) is 2. The van der Waals surface area contributed by atoms with Gasteiger partial charge in [-0.25, -0.2) is 4.79 Å². The molecule has 0 fully saturated rings.